The Morgan fingerprint density at radius 2 is 2.13 bits per heavy atom. The van der Waals surface area contributed by atoms with Crippen molar-refractivity contribution in [2.24, 2.45) is 0 Å². The number of nitrogens with zero attached hydrogens (tertiary/aromatic N) is 1. The molecule has 1 rings (SSSR count). The Morgan fingerprint density at radius 1 is 1.40 bits per heavy atom. The third-order valence-corrected chi connectivity index (χ3v) is 1.76. The molecule has 0 aliphatic carbocycles. The van der Waals surface area contributed by atoms with Gasteiger partial charge >= 0.3 is 0 Å². The SMILES string of the molecule is N#CCCNC(=O)C=Cc1ccccc1. The van der Waals surface area contributed by atoms with Crippen LogP contribution in [0.15, 0.2) is 36.4 Å². The molecule has 0 fully saturated rings. The predicted octanol–water partition coefficient (Wildman–Crippen LogP) is 1.73. The van der Waals surface area contributed by atoms with E-state index >= 15 is 0 Å². The van der Waals surface area contributed by atoms with Crippen LogP contribution in [0.1, 0.15) is 12.0 Å². The van der Waals surface area contributed by atoms with E-state index in [9.17, 15) is 4.79 Å². The van der Waals surface area contributed by atoms with E-state index in [4.69, 9.17) is 5.26 Å². The first-order valence-corrected chi connectivity index (χ1v) is 4.71. The van der Waals surface area contributed by atoms with E-state index in [1.165, 1.54) is 6.08 Å². The second-order valence-electron chi connectivity index (χ2n) is 2.94. The molecule has 0 saturated heterocycles. The minimum atomic E-state index is -0.172. The molecule has 0 aliphatic rings. The summed E-state index contributed by atoms with van der Waals surface area (Å²) in [4.78, 5) is 11.2. The Balaban J connectivity index is 2.38. The maximum Gasteiger partial charge on any atom is 0.244 e. The Hall–Kier alpha value is -2.08. The number of hydrogen-bond donors (Lipinski definition) is 1. The molecule has 76 valence electrons. The monoisotopic (exact) mass is 200 g/mol. The van der Waals surface area contributed by atoms with Crippen LogP contribution in [0, 0.1) is 11.3 Å². The van der Waals surface area contributed by atoms with Gasteiger partial charge in [-0.3, -0.25) is 4.79 Å². The molecule has 0 saturated carbocycles. The van der Waals surface area contributed by atoms with Crippen LogP contribution in [0.4, 0.5) is 0 Å². The zero-order valence-corrected chi connectivity index (χ0v) is 8.31. The summed E-state index contributed by atoms with van der Waals surface area (Å²) in [5.74, 6) is -0.172. The summed E-state index contributed by atoms with van der Waals surface area (Å²) in [6, 6.07) is 11.5. The number of amides is 1. The predicted molar refractivity (Wildman–Crippen MR) is 58.7 cm³/mol. The molecule has 3 heteroatoms. The summed E-state index contributed by atoms with van der Waals surface area (Å²) >= 11 is 0. The summed E-state index contributed by atoms with van der Waals surface area (Å²) in [5, 5.41) is 10.9. The van der Waals surface area contributed by atoms with Crippen LogP contribution in [-0.2, 0) is 4.79 Å². The molecule has 0 radical (unpaired) electrons. The van der Waals surface area contributed by atoms with Gasteiger partial charge in [0.05, 0.1) is 12.5 Å². The van der Waals surface area contributed by atoms with Gasteiger partial charge in [0.15, 0.2) is 0 Å². The third-order valence-electron chi connectivity index (χ3n) is 1.76. The van der Waals surface area contributed by atoms with Gasteiger partial charge < -0.3 is 5.32 Å². The molecule has 0 spiro atoms. The minimum absolute atomic E-state index is 0.172. The number of carbonyl (C=O) groups excluding carboxylic acids is 1. The summed E-state index contributed by atoms with van der Waals surface area (Å²) in [6.45, 7) is 0.397. The molecule has 1 amide bonds. The summed E-state index contributed by atoms with van der Waals surface area (Å²) in [5.41, 5.74) is 0.980. The Kier molecular flexibility index (Phi) is 4.68. The highest BCUT2D eigenvalue weighted by atomic mass is 16.1. The average Bonchev–Trinajstić information content (AvgIpc) is 2.28. The van der Waals surface area contributed by atoms with Crippen LogP contribution in [0.5, 0.6) is 0 Å². The summed E-state index contributed by atoms with van der Waals surface area (Å²) < 4.78 is 0. The lowest BCUT2D eigenvalue weighted by atomic mass is 10.2. The van der Waals surface area contributed by atoms with E-state index in [-0.39, 0.29) is 5.91 Å². The van der Waals surface area contributed by atoms with Gasteiger partial charge in [-0.25, -0.2) is 0 Å². The van der Waals surface area contributed by atoms with Gasteiger partial charge in [0, 0.05) is 12.6 Å². The van der Waals surface area contributed by atoms with Crippen molar-refractivity contribution in [3.63, 3.8) is 0 Å². The lowest BCUT2D eigenvalue weighted by Crippen LogP contribution is -2.21. The number of nitriles is 1. The van der Waals surface area contributed by atoms with Crippen LogP contribution in [0.3, 0.4) is 0 Å². The smallest absolute Gasteiger partial charge is 0.244 e. The van der Waals surface area contributed by atoms with Crippen molar-refractivity contribution >= 4 is 12.0 Å². The molecule has 1 N–H and O–H groups in total. The Morgan fingerprint density at radius 3 is 2.80 bits per heavy atom. The van der Waals surface area contributed by atoms with E-state index in [0.29, 0.717) is 13.0 Å². The fourth-order valence-electron chi connectivity index (χ4n) is 1.04. The number of hydrogen-bond acceptors (Lipinski definition) is 2. The van der Waals surface area contributed by atoms with Crippen molar-refractivity contribution in [3.8, 4) is 6.07 Å². The number of benzene rings is 1. The van der Waals surface area contributed by atoms with Gasteiger partial charge in [-0.1, -0.05) is 30.3 Å². The largest absolute Gasteiger partial charge is 0.352 e. The van der Waals surface area contributed by atoms with Crippen LogP contribution >= 0.6 is 0 Å². The number of carbonyl (C=O) groups is 1. The van der Waals surface area contributed by atoms with Gasteiger partial charge in [0.1, 0.15) is 0 Å². The Labute approximate surface area is 89.0 Å². The number of nitrogens with one attached hydrogen (secondary N) is 1. The maximum absolute atomic E-state index is 11.2. The molecule has 0 heterocycles. The minimum Gasteiger partial charge on any atom is -0.352 e. The van der Waals surface area contributed by atoms with Crippen LogP contribution in [0.2, 0.25) is 0 Å². The molecule has 0 aliphatic heterocycles. The van der Waals surface area contributed by atoms with Gasteiger partial charge in [0.25, 0.3) is 0 Å². The van der Waals surface area contributed by atoms with E-state index in [2.05, 4.69) is 5.32 Å². The van der Waals surface area contributed by atoms with Crippen LogP contribution in [-0.4, -0.2) is 12.5 Å². The van der Waals surface area contributed by atoms with Gasteiger partial charge in [-0.2, -0.15) is 5.26 Å². The molecular formula is C12H12N2O. The molecule has 0 atom stereocenters. The van der Waals surface area contributed by atoms with E-state index in [1.807, 2.05) is 36.4 Å². The number of rotatable bonds is 4. The molecule has 0 aromatic heterocycles. The van der Waals surface area contributed by atoms with E-state index < -0.39 is 0 Å². The Bertz CT molecular complexity index is 376. The summed E-state index contributed by atoms with van der Waals surface area (Å²) in [7, 11) is 0. The molecule has 1 aromatic carbocycles. The lowest BCUT2D eigenvalue weighted by Gasteiger charge is -1.96. The highest BCUT2D eigenvalue weighted by Crippen LogP contribution is 2.00. The van der Waals surface area contributed by atoms with Gasteiger partial charge in [-0.15, -0.1) is 0 Å². The zero-order chi connectivity index (χ0) is 10.9. The lowest BCUT2D eigenvalue weighted by molar-refractivity contribution is -0.116. The second kappa shape index (κ2) is 6.39. The van der Waals surface area contributed by atoms with Crippen molar-refractivity contribution in [2.75, 3.05) is 6.54 Å². The van der Waals surface area contributed by atoms with Crippen LogP contribution < -0.4 is 5.32 Å². The molecule has 3 nitrogen and oxygen atoms in total. The fraction of sp³-hybridized carbons (Fsp3) is 0.167. The van der Waals surface area contributed by atoms with Gasteiger partial charge in [-0.05, 0) is 11.6 Å². The third kappa shape index (κ3) is 4.63. The zero-order valence-electron chi connectivity index (χ0n) is 8.31. The van der Waals surface area contributed by atoms with Crippen molar-refractivity contribution in [2.45, 2.75) is 6.42 Å². The molecule has 0 unspecified atom stereocenters. The standard InChI is InChI=1S/C12H12N2O/c13-9-4-10-14-12(15)8-7-11-5-2-1-3-6-11/h1-3,5-8H,4,10H2,(H,14,15). The maximum atomic E-state index is 11.2. The highest BCUT2D eigenvalue weighted by Gasteiger charge is 1.92. The van der Waals surface area contributed by atoms with Crippen molar-refractivity contribution in [1.82, 2.24) is 5.32 Å². The second-order valence-corrected chi connectivity index (χ2v) is 2.94. The van der Waals surface area contributed by atoms with Gasteiger partial charge in [0.2, 0.25) is 5.91 Å². The van der Waals surface area contributed by atoms with Crippen molar-refractivity contribution in [1.29, 1.82) is 5.26 Å². The molecule has 1 aromatic rings. The van der Waals surface area contributed by atoms with Crippen LogP contribution in [0.25, 0.3) is 6.08 Å². The average molecular weight is 200 g/mol. The molecular weight excluding hydrogens is 188 g/mol. The first kappa shape index (κ1) is 11.0. The highest BCUT2D eigenvalue weighted by molar-refractivity contribution is 5.91. The van der Waals surface area contributed by atoms with Crippen molar-refractivity contribution in [3.05, 3.63) is 42.0 Å². The van der Waals surface area contributed by atoms with E-state index in [0.717, 1.165) is 5.56 Å². The topological polar surface area (TPSA) is 52.9 Å². The molecule has 15 heavy (non-hydrogen) atoms. The summed E-state index contributed by atoms with van der Waals surface area (Å²) in [6.07, 6.45) is 3.54. The normalized spacial score (nSPS) is 9.80. The first-order chi connectivity index (χ1) is 7.33. The fourth-order valence-corrected chi connectivity index (χ4v) is 1.04. The molecule has 0 bridgehead atoms. The first-order valence-electron chi connectivity index (χ1n) is 4.71. The quantitative estimate of drug-likeness (QED) is 0.594. The van der Waals surface area contributed by atoms with E-state index in [1.54, 1.807) is 6.08 Å². The van der Waals surface area contributed by atoms with Crippen molar-refractivity contribution < 1.29 is 4.79 Å².